The van der Waals surface area contributed by atoms with Gasteiger partial charge < -0.3 is 10.0 Å². The Bertz CT molecular complexity index is 782. The standard InChI is InChI=1S/C18H21N3O3/c1-11-15(12(2)20(3)19-11)10-21-16(22)9-14(18(23)24)17(21)13-7-5-4-6-8-13/h4-8,14,17H,9-10H2,1-3H3,(H,23,24)/t14-,17-/m0/s1. The van der Waals surface area contributed by atoms with Gasteiger partial charge in [0.25, 0.3) is 0 Å². The molecule has 1 aliphatic heterocycles. The number of likely N-dealkylation sites (tertiary alicyclic amines) is 1. The number of rotatable bonds is 4. The molecule has 2 aromatic rings. The van der Waals surface area contributed by atoms with Crippen molar-refractivity contribution in [3.63, 3.8) is 0 Å². The van der Waals surface area contributed by atoms with Gasteiger partial charge in [0.1, 0.15) is 0 Å². The first-order valence-corrected chi connectivity index (χ1v) is 7.96. The van der Waals surface area contributed by atoms with Crippen LogP contribution < -0.4 is 0 Å². The van der Waals surface area contributed by atoms with Gasteiger partial charge in [-0.1, -0.05) is 30.3 Å². The molecule has 6 nitrogen and oxygen atoms in total. The minimum atomic E-state index is -0.931. The molecule has 0 aliphatic carbocycles. The van der Waals surface area contributed by atoms with Gasteiger partial charge in [-0.05, 0) is 19.4 Å². The summed E-state index contributed by atoms with van der Waals surface area (Å²) < 4.78 is 1.79. The predicted molar refractivity (Wildman–Crippen MR) is 88.2 cm³/mol. The van der Waals surface area contributed by atoms with Gasteiger partial charge in [-0.15, -0.1) is 0 Å². The normalized spacial score (nSPS) is 20.6. The van der Waals surface area contributed by atoms with Gasteiger partial charge in [-0.2, -0.15) is 5.10 Å². The molecular weight excluding hydrogens is 306 g/mol. The van der Waals surface area contributed by atoms with Gasteiger partial charge in [0.15, 0.2) is 0 Å². The summed E-state index contributed by atoms with van der Waals surface area (Å²) in [6, 6.07) is 8.95. The lowest BCUT2D eigenvalue weighted by molar-refractivity contribution is -0.142. The van der Waals surface area contributed by atoms with E-state index in [0.29, 0.717) is 6.54 Å². The van der Waals surface area contributed by atoms with Crippen LogP contribution in [0.5, 0.6) is 0 Å². The fourth-order valence-corrected chi connectivity index (χ4v) is 3.48. The third kappa shape index (κ3) is 2.68. The Morgan fingerprint density at radius 2 is 1.96 bits per heavy atom. The fourth-order valence-electron chi connectivity index (χ4n) is 3.48. The summed E-state index contributed by atoms with van der Waals surface area (Å²) in [5.74, 6) is -1.78. The van der Waals surface area contributed by atoms with E-state index >= 15 is 0 Å². The molecule has 1 saturated heterocycles. The Balaban J connectivity index is 2.00. The number of carboxylic acid groups (broad SMARTS) is 1. The van der Waals surface area contributed by atoms with Crippen LogP contribution in [-0.4, -0.2) is 31.7 Å². The summed E-state index contributed by atoms with van der Waals surface area (Å²) in [5, 5.41) is 14.0. The van der Waals surface area contributed by atoms with E-state index in [1.165, 1.54) is 0 Å². The number of aryl methyl sites for hydroxylation is 2. The van der Waals surface area contributed by atoms with Crippen molar-refractivity contribution in [2.75, 3.05) is 0 Å². The Morgan fingerprint density at radius 1 is 1.29 bits per heavy atom. The van der Waals surface area contributed by atoms with E-state index in [9.17, 15) is 14.7 Å². The number of benzene rings is 1. The molecule has 0 spiro atoms. The topological polar surface area (TPSA) is 75.4 Å². The minimum absolute atomic E-state index is 0.0350. The molecule has 2 heterocycles. The van der Waals surface area contributed by atoms with E-state index in [1.807, 2.05) is 51.2 Å². The van der Waals surface area contributed by atoms with E-state index in [4.69, 9.17) is 0 Å². The lowest BCUT2D eigenvalue weighted by Gasteiger charge is -2.27. The lowest BCUT2D eigenvalue weighted by Crippen LogP contribution is -2.30. The second-order valence-corrected chi connectivity index (χ2v) is 6.30. The number of nitrogens with zero attached hydrogens (tertiary/aromatic N) is 3. The first-order valence-electron chi connectivity index (χ1n) is 7.96. The van der Waals surface area contributed by atoms with Crippen molar-refractivity contribution < 1.29 is 14.7 Å². The van der Waals surface area contributed by atoms with Crippen LogP contribution in [0.15, 0.2) is 30.3 Å². The van der Waals surface area contributed by atoms with Gasteiger partial charge in [-0.25, -0.2) is 0 Å². The van der Waals surface area contributed by atoms with Crippen molar-refractivity contribution in [1.82, 2.24) is 14.7 Å². The van der Waals surface area contributed by atoms with Gasteiger partial charge in [0.2, 0.25) is 5.91 Å². The van der Waals surface area contributed by atoms with Crippen LogP contribution in [0, 0.1) is 19.8 Å². The molecule has 1 amide bonds. The smallest absolute Gasteiger partial charge is 0.309 e. The molecule has 0 bridgehead atoms. The lowest BCUT2D eigenvalue weighted by atomic mass is 9.93. The van der Waals surface area contributed by atoms with E-state index in [1.54, 1.807) is 9.58 Å². The molecule has 6 heteroatoms. The van der Waals surface area contributed by atoms with Crippen molar-refractivity contribution in [1.29, 1.82) is 0 Å². The van der Waals surface area contributed by atoms with Crippen molar-refractivity contribution in [2.45, 2.75) is 32.9 Å². The highest BCUT2D eigenvalue weighted by atomic mass is 16.4. The van der Waals surface area contributed by atoms with Crippen molar-refractivity contribution in [3.05, 3.63) is 52.8 Å². The molecule has 126 valence electrons. The molecule has 1 fully saturated rings. The van der Waals surface area contributed by atoms with Gasteiger partial charge >= 0.3 is 5.97 Å². The zero-order valence-corrected chi connectivity index (χ0v) is 14.1. The number of aliphatic carboxylic acids is 1. The van der Waals surface area contributed by atoms with Gasteiger partial charge in [0.05, 0.1) is 17.7 Å². The van der Waals surface area contributed by atoms with Crippen molar-refractivity contribution >= 4 is 11.9 Å². The van der Waals surface area contributed by atoms with E-state index in [0.717, 1.165) is 22.5 Å². The van der Waals surface area contributed by atoms with Crippen LogP contribution in [0.1, 0.15) is 35.0 Å². The molecular formula is C18H21N3O3. The van der Waals surface area contributed by atoms with E-state index in [-0.39, 0.29) is 12.3 Å². The van der Waals surface area contributed by atoms with Crippen LogP contribution in [0.25, 0.3) is 0 Å². The molecule has 0 saturated carbocycles. The molecule has 24 heavy (non-hydrogen) atoms. The first kappa shape index (κ1) is 16.2. The Kier molecular flexibility index (Phi) is 4.13. The summed E-state index contributed by atoms with van der Waals surface area (Å²) in [6.45, 7) is 4.25. The Hall–Kier alpha value is -2.63. The number of carbonyl (C=O) groups is 2. The number of aromatic nitrogens is 2. The third-order valence-electron chi connectivity index (χ3n) is 4.88. The fraction of sp³-hybridized carbons (Fsp3) is 0.389. The molecule has 3 rings (SSSR count). The second kappa shape index (κ2) is 6.11. The summed E-state index contributed by atoms with van der Waals surface area (Å²) in [5.41, 5.74) is 3.70. The molecule has 1 aromatic carbocycles. The Labute approximate surface area is 140 Å². The largest absolute Gasteiger partial charge is 0.481 e. The molecule has 0 unspecified atom stereocenters. The predicted octanol–water partition coefficient (Wildman–Crippen LogP) is 2.21. The van der Waals surface area contributed by atoms with Gasteiger partial charge in [-0.3, -0.25) is 14.3 Å². The first-order chi connectivity index (χ1) is 11.4. The highest BCUT2D eigenvalue weighted by molar-refractivity contribution is 5.87. The molecule has 2 atom stereocenters. The number of carboxylic acids is 1. The SMILES string of the molecule is Cc1nn(C)c(C)c1CN1C(=O)C[C@H](C(=O)O)[C@@H]1c1ccccc1. The van der Waals surface area contributed by atoms with E-state index in [2.05, 4.69) is 5.10 Å². The van der Waals surface area contributed by atoms with Crippen molar-refractivity contribution in [2.24, 2.45) is 13.0 Å². The third-order valence-corrected chi connectivity index (χ3v) is 4.88. The Morgan fingerprint density at radius 3 is 2.50 bits per heavy atom. The molecule has 1 N–H and O–H groups in total. The summed E-state index contributed by atoms with van der Waals surface area (Å²) in [7, 11) is 1.87. The zero-order valence-electron chi connectivity index (χ0n) is 14.1. The number of hydrogen-bond donors (Lipinski definition) is 1. The summed E-state index contributed by atoms with van der Waals surface area (Å²) in [4.78, 5) is 25.9. The average molecular weight is 327 g/mol. The van der Waals surface area contributed by atoms with Crippen LogP contribution in [0.4, 0.5) is 0 Å². The van der Waals surface area contributed by atoms with Crippen LogP contribution in [-0.2, 0) is 23.2 Å². The van der Waals surface area contributed by atoms with Crippen LogP contribution in [0.2, 0.25) is 0 Å². The zero-order chi connectivity index (χ0) is 17.4. The minimum Gasteiger partial charge on any atom is -0.481 e. The second-order valence-electron chi connectivity index (χ2n) is 6.30. The number of amides is 1. The molecule has 0 radical (unpaired) electrons. The van der Waals surface area contributed by atoms with Crippen molar-refractivity contribution in [3.8, 4) is 0 Å². The number of hydrogen-bond acceptors (Lipinski definition) is 3. The molecule has 1 aromatic heterocycles. The van der Waals surface area contributed by atoms with Crippen LogP contribution >= 0.6 is 0 Å². The number of carbonyl (C=O) groups excluding carboxylic acids is 1. The summed E-state index contributed by atoms with van der Waals surface area (Å²) in [6.07, 6.45) is 0.0350. The maximum Gasteiger partial charge on any atom is 0.309 e. The quantitative estimate of drug-likeness (QED) is 0.934. The maximum absolute atomic E-state index is 12.5. The molecule has 1 aliphatic rings. The van der Waals surface area contributed by atoms with Gasteiger partial charge in [0, 0.05) is 31.3 Å². The highest BCUT2D eigenvalue weighted by Crippen LogP contribution is 2.39. The highest BCUT2D eigenvalue weighted by Gasteiger charge is 2.44. The monoisotopic (exact) mass is 327 g/mol. The average Bonchev–Trinajstić information content (AvgIpc) is 3.00. The van der Waals surface area contributed by atoms with Crippen LogP contribution in [0.3, 0.4) is 0 Å². The summed E-state index contributed by atoms with van der Waals surface area (Å²) >= 11 is 0. The van der Waals surface area contributed by atoms with E-state index < -0.39 is 17.9 Å². The maximum atomic E-state index is 12.5.